The molecule has 0 fully saturated rings. The first-order valence-corrected chi connectivity index (χ1v) is 11.0. The van der Waals surface area contributed by atoms with E-state index in [1.165, 1.54) is 23.5 Å². The SMILES string of the molecule is CSCC[C@@H](N)C(OC(=O)[C@@H](CCSC)NC(=O)OC(C)(C)C)C(=O)O. The fourth-order valence-electron chi connectivity index (χ4n) is 1.87. The third-order valence-corrected chi connectivity index (χ3v) is 4.40. The second-order valence-corrected chi connectivity index (χ2v) is 8.59. The lowest BCUT2D eigenvalue weighted by Gasteiger charge is -2.25. The molecule has 0 aliphatic rings. The number of ether oxygens (including phenoxy) is 2. The number of nitrogens with one attached hydrogen (secondary N) is 1. The van der Waals surface area contributed by atoms with Crippen LogP contribution in [0.15, 0.2) is 0 Å². The van der Waals surface area contributed by atoms with Gasteiger partial charge in [0.05, 0.1) is 6.04 Å². The predicted molar refractivity (Wildman–Crippen MR) is 105 cm³/mol. The molecule has 0 aromatic carbocycles. The summed E-state index contributed by atoms with van der Waals surface area (Å²) in [4.78, 5) is 35.8. The number of rotatable bonds is 11. The van der Waals surface area contributed by atoms with Crippen LogP contribution in [0.2, 0.25) is 0 Å². The molecule has 0 saturated carbocycles. The van der Waals surface area contributed by atoms with Gasteiger partial charge in [0.1, 0.15) is 11.6 Å². The van der Waals surface area contributed by atoms with Crippen molar-refractivity contribution in [2.24, 2.45) is 5.73 Å². The van der Waals surface area contributed by atoms with Crippen LogP contribution in [-0.2, 0) is 19.1 Å². The Hall–Kier alpha value is -1.13. The molecule has 0 rings (SSSR count). The zero-order valence-electron chi connectivity index (χ0n) is 15.9. The third kappa shape index (κ3) is 10.8. The molecule has 0 aromatic rings. The highest BCUT2D eigenvalue weighted by molar-refractivity contribution is 7.98. The van der Waals surface area contributed by atoms with Crippen molar-refractivity contribution in [1.82, 2.24) is 5.32 Å². The zero-order chi connectivity index (χ0) is 20.3. The van der Waals surface area contributed by atoms with Gasteiger partial charge in [0.25, 0.3) is 0 Å². The molecule has 1 unspecified atom stereocenters. The number of thioether (sulfide) groups is 2. The summed E-state index contributed by atoms with van der Waals surface area (Å²) in [5.74, 6) is -0.926. The number of carbonyl (C=O) groups excluding carboxylic acids is 2. The molecule has 0 aliphatic heterocycles. The van der Waals surface area contributed by atoms with E-state index in [2.05, 4.69) is 5.32 Å². The van der Waals surface area contributed by atoms with Gasteiger partial charge in [-0.05, 0) is 57.6 Å². The molecule has 10 heteroatoms. The van der Waals surface area contributed by atoms with E-state index in [0.717, 1.165) is 0 Å². The van der Waals surface area contributed by atoms with Crippen molar-refractivity contribution in [2.45, 2.75) is 57.4 Å². The van der Waals surface area contributed by atoms with Gasteiger partial charge in [-0.1, -0.05) is 0 Å². The number of aliphatic carboxylic acids is 1. The molecule has 0 aliphatic carbocycles. The lowest BCUT2D eigenvalue weighted by molar-refractivity contribution is -0.167. The van der Waals surface area contributed by atoms with E-state index in [1.54, 1.807) is 20.8 Å². The lowest BCUT2D eigenvalue weighted by atomic mass is 10.1. The summed E-state index contributed by atoms with van der Waals surface area (Å²) in [6.45, 7) is 5.10. The molecule has 152 valence electrons. The first kappa shape index (κ1) is 24.9. The molecular formula is C16H30N2O6S2. The number of carboxylic acid groups (broad SMARTS) is 1. The van der Waals surface area contributed by atoms with E-state index in [1.807, 2.05) is 12.5 Å². The molecule has 1 amide bonds. The Kier molecular flexibility index (Phi) is 11.8. The summed E-state index contributed by atoms with van der Waals surface area (Å²) in [6.07, 6.45) is 2.17. The first-order chi connectivity index (χ1) is 12.0. The Morgan fingerprint density at radius 3 is 2.12 bits per heavy atom. The Morgan fingerprint density at radius 2 is 1.65 bits per heavy atom. The van der Waals surface area contributed by atoms with Gasteiger partial charge in [-0.3, -0.25) is 0 Å². The Labute approximate surface area is 163 Å². The largest absolute Gasteiger partial charge is 0.478 e. The molecule has 3 atom stereocenters. The maximum absolute atomic E-state index is 12.4. The van der Waals surface area contributed by atoms with Crippen molar-refractivity contribution < 1.29 is 29.0 Å². The van der Waals surface area contributed by atoms with Crippen LogP contribution in [0.5, 0.6) is 0 Å². The minimum Gasteiger partial charge on any atom is -0.478 e. The predicted octanol–water partition coefficient (Wildman–Crippen LogP) is 1.71. The van der Waals surface area contributed by atoms with Gasteiger partial charge in [-0.2, -0.15) is 23.5 Å². The minimum absolute atomic E-state index is 0.283. The number of nitrogens with two attached hydrogens (primary N) is 1. The number of esters is 1. The summed E-state index contributed by atoms with van der Waals surface area (Å²) >= 11 is 3.01. The fraction of sp³-hybridized carbons (Fsp3) is 0.812. The average molecular weight is 411 g/mol. The summed E-state index contributed by atoms with van der Waals surface area (Å²) in [5, 5.41) is 11.8. The number of carboxylic acids is 1. The number of hydrogen-bond donors (Lipinski definition) is 3. The van der Waals surface area contributed by atoms with Crippen molar-refractivity contribution in [3.63, 3.8) is 0 Å². The average Bonchev–Trinajstić information content (AvgIpc) is 2.51. The quantitative estimate of drug-likeness (QED) is 0.436. The summed E-state index contributed by atoms with van der Waals surface area (Å²) in [6, 6.07) is -1.83. The monoisotopic (exact) mass is 410 g/mol. The maximum atomic E-state index is 12.4. The minimum atomic E-state index is -1.47. The van der Waals surface area contributed by atoms with Crippen molar-refractivity contribution in [1.29, 1.82) is 0 Å². The summed E-state index contributed by atoms with van der Waals surface area (Å²) < 4.78 is 10.3. The van der Waals surface area contributed by atoms with Gasteiger partial charge >= 0.3 is 18.0 Å². The van der Waals surface area contributed by atoms with Crippen molar-refractivity contribution >= 4 is 41.6 Å². The van der Waals surface area contributed by atoms with Crippen molar-refractivity contribution in [3.8, 4) is 0 Å². The number of hydrogen-bond acceptors (Lipinski definition) is 8. The number of alkyl carbamates (subject to hydrolysis) is 1. The highest BCUT2D eigenvalue weighted by Crippen LogP contribution is 2.12. The van der Waals surface area contributed by atoms with E-state index in [-0.39, 0.29) is 6.42 Å². The van der Waals surface area contributed by atoms with Crippen LogP contribution in [0.4, 0.5) is 4.79 Å². The Morgan fingerprint density at radius 1 is 1.12 bits per heavy atom. The van der Waals surface area contributed by atoms with E-state index < -0.39 is 41.8 Å². The molecule has 0 heterocycles. The molecule has 0 aromatic heterocycles. The van der Waals surface area contributed by atoms with Gasteiger partial charge < -0.3 is 25.6 Å². The smallest absolute Gasteiger partial charge is 0.408 e. The van der Waals surface area contributed by atoms with Crippen LogP contribution >= 0.6 is 23.5 Å². The van der Waals surface area contributed by atoms with Crippen LogP contribution in [-0.4, -0.2) is 70.9 Å². The van der Waals surface area contributed by atoms with Crippen LogP contribution in [0, 0.1) is 0 Å². The summed E-state index contributed by atoms with van der Waals surface area (Å²) in [7, 11) is 0. The van der Waals surface area contributed by atoms with E-state index in [0.29, 0.717) is 17.9 Å². The van der Waals surface area contributed by atoms with E-state index in [4.69, 9.17) is 15.2 Å². The van der Waals surface area contributed by atoms with E-state index >= 15 is 0 Å². The van der Waals surface area contributed by atoms with Gasteiger partial charge in [0, 0.05) is 0 Å². The van der Waals surface area contributed by atoms with Crippen molar-refractivity contribution in [2.75, 3.05) is 24.0 Å². The number of carbonyl (C=O) groups is 3. The zero-order valence-corrected chi connectivity index (χ0v) is 17.6. The summed E-state index contributed by atoms with van der Waals surface area (Å²) in [5.41, 5.74) is 5.13. The van der Waals surface area contributed by atoms with Crippen LogP contribution in [0.25, 0.3) is 0 Å². The molecule has 8 nitrogen and oxygen atoms in total. The standard InChI is InChI=1S/C16H30N2O6S2/c1-16(2,3)24-15(22)18-11(7-9-26-5)14(21)23-12(13(19)20)10(17)6-8-25-4/h10-12H,6-9,17H2,1-5H3,(H,18,22)(H,19,20)/t10-,11-,12?/m1/s1. The van der Waals surface area contributed by atoms with E-state index in [9.17, 15) is 19.5 Å². The topological polar surface area (TPSA) is 128 Å². The van der Waals surface area contributed by atoms with Crippen LogP contribution < -0.4 is 11.1 Å². The molecule has 0 spiro atoms. The molecule has 0 radical (unpaired) electrons. The van der Waals surface area contributed by atoms with Crippen LogP contribution in [0.1, 0.15) is 33.6 Å². The molecule has 26 heavy (non-hydrogen) atoms. The molecular weight excluding hydrogens is 380 g/mol. The fourth-order valence-corrected chi connectivity index (χ4v) is 2.85. The Bertz CT molecular complexity index is 470. The first-order valence-electron chi connectivity index (χ1n) is 8.18. The number of amides is 1. The molecule has 0 saturated heterocycles. The normalized spacial score (nSPS) is 14.8. The maximum Gasteiger partial charge on any atom is 0.408 e. The van der Waals surface area contributed by atoms with Crippen molar-refractivity contribution in [3.05, 3.63) is 0 Å². The van der Waals surface area contributed by atoms with Crippen LogP contribution in [0.3, 0.4) is 0 Å². The third-order valence-electron chi connectivity index (χ3n) is 3.12. The highest BCUT2D eigenvalue weighted by atomic mass is 32.2. The van der Waals surface area contributed by atoms with Gasteiger partial charge in [-0.15, -0.1) is 0 Å². The Balaban J connectivity index is 5.02. The molecule has 0 bridgehead atoms. The van der Waals surface area contributed by atoms with Gasteiger partial charge in [0.2, 0.25) is 6.10 Å². The second kappa shape index (κ2) is 12.3. The second-order valence-electron chi connectivity index (χ2n) is 6.62. The van der Waals surface area contributed by atoms with Gasteiger partial charge in [0.15, 0.2) is 0 Å². The highest BCUT2D eigenvalue weighted by Gasteiger charge is 2.33. The lowest BCUT2D eigenvalue weighted by Crippen LogP contribution is -2.50. The van der Waals surface area contributed by atoms with Gasteiger partial charge in [-0.25, -0.2) is 14.4 Å². The molecule has 4 N–H and O–H groups in total.